The van der Waals surface area contributed by atoms with Crippen LogP contribution in [0, 0.1) is 12.8 Å². The number of pyridine rings is 1. The molecule has 1 aliphatic heterocycles. The molecule has 6 heteroatoms. The van der Waals surface area contributed by atoms with E-state index in [9.17, 15) is 9.59 Å². The molecule has 1 aromatic heterocycles. The predicted octanol–water partition coefficient (Wildman–Crippen LogP) is 5.31. The number of carbonyl (C=O) groups is 2. The van der Waals surface area contributed by atoms with E-state index in [2.05, 4.69) is 10.3 Å². The SMILES string of the molecule is Cc1ccc(C(=O)C2CCN(C(=O)Nc3cccc(Oc4ccncc4)c3)CC2)cc1. The molecule has 2 amide bonds. The van der Waals surface area contributed by atoms with Crippen molar-refractivity contribution in [2.75, 3.05) is 18.4 Å². The second kappa shape index (κ2) is 9.43. The minimum atomic E-state index is -0.165. The molecule has 1 aliphatic rings. The molecule has 0 saturated carbocycles. The van der Waals surface area contributed by atoms with Crippen molar-refractivity contribution >= 4 is 17.5 Å². The Bertz CT molecular complexity index is 1040. The van der Waals surface area contributed by atoms with E-state index in [1.54, 1.807) is 35.5 Å². The van der Waals surface area contributed by atoms with Gasteiger partial charge in [-0.15, -0.1) is 0 Å². The minimum absolute atomic E-state index is 0.0381. The van der Waals surface area contributed by atoms with Crippen LogP contribution in [-0.4, -0.2) is 34.8 Å². The van der Waals surface area contributed by atoms with E-state index in [0.717, 1.165) is 11.1 Å². The lowest BCUT2D eigenvalue weighted by Gasteiger charge is -2.31. The zero-order valence-electron chi connectivity index (χ0n) is 17.5. The number of ketones is 1. The Kier molecular flexibility index (Phi) is 6.26. The number of piperidine rings is 1. The molecule has 6 nitrogen and oxygen atoms in total. The molecule has 0 atom stereocenters. The van der Waals surface area contributed by atoms with E-state index < -0.39 is 0 Å². The summed E-state index contributed by atoms with van der Waals surface area (Å²) < 4.78 is 5.79. The van der Waals surface area contributed by atoms with Gasteiger partial charge in [-0.2, -0.15) is 0 Å². The average Bonchev–Trinajstić information content (AvgIpc) is 2.80. The van der Waals surface area contributed by atoms with Crippen LogP contribution >= 0.6 is 0 Å². The number of rotatable bonds is 5. The van der Waals surface area contributed by atoms with Crippen molar-refractivity contribution in [1.82, 2.24) is 9.88 Å². The standard InChI is InChI=1S/C25H25N3O3/c1-18-5-7-19(8-6-18)24(29)20-11-15-28(16-12-20)25(30)27-21-3-2-4-23(17-21)31-22-9-13-26-14-10-22/h2-10,13-14,17,20H,11-12,15-16H2,1H3,(H,27,30). The van der Waals surface area contributed by atoms with E-state index in [1.165, 1.54) is 0 Å². The molecule has 3 aromatic rings. The maximum Gasteiger partial charge on any atom is 0.321 e. The molecular weight excluding hydrogens is 390 g/mol. The quantitative estimate of drug-likeness (QED) is 0.573. The van der Waals surface area contributed by atoms with Gasteiger partial charge in [0, 0.05) is 48.7 Å². The van der Waals surface area contributed by atoms with Gasteiger partial charge < -0.3 is 15.0 Å². The smallest absolute Gasteiger partial charge is 0.321 e. The third kappa shape index (κ3) is 5.28. The van der Waals surface area contributed by atoms with Crippen molar-refractivity contribution < 1.29 is 14.3 Å². The molecule has 1 N–H and O–H groups in total. The Morgan fingerprint density at radius 1 is 0.968 bits per heavy atom. The highest BCUT2D eigenvalue weighted by molar-refractivity contribution is 5.98. The van der Waals surface area contributed by atoms with Crippen molar-refractivity contribution in [3.63, 3.8) is 0 Å². The highest BCUT2D eigenvalue weighted by Gasteiger charge is 2.28. The van der Waals surface area contributed by atoms with Crippen LogP contribution in [0.25, 0.3) is 0 Å². The monoisotopic (exact) mass is 415 g/mol. The largest absolute Gasteiger partial charge is 0.457 e. The molecular formula is C25H25N3O3. The van der Waals surface area contributed by atoms with E-state index in [-0.39, 0.29) is 17.7 Å². The van der Waals surface area contributed by atoms with Crippen LogP contribution in [0.3, 0.4) is 0 Å². The summed E-state index contributed by atoms with van der Waals surface area (Å²) in [7, 11) is 0. The van der Waals surface area contributed by atoms with Crippen LogP contribution in [-0.2, 0) is 0 Å². The summed E-state index contributed by atoms with van der Waals surface area (Å²) in [5, 5.41) is 2.93. The number of carbonyl (C=O) groups excluding carboxylic acids is 2. The first kappa shape index (κ1) is 20.6. The zero-order valence-corrected chi connectivity index (χ0v) is 17.5. The zero-order chi connectivity index (χ0) is 21.6. The number of anilines is 1. The summed E-state index contributed by atoms with van der Waals surface area (Å²) in [4.78, 5) is 31.2. The van der Waals surface area contributed by atoms with E-state index in [1.807, 2.05) is 49.4 Å². The Labute approximate surface area is 181 Å². The topological polar surface area (TPSA) is 71.5 Å². The van der Waals surface area contributed by atoms with E-state index >= 15 is 0 Å². The Morgan fingerprint density at radius 3 is 2.39 bits per heavy atom. The number of ether oxygens (including phenoxy) is 1. The van der Waals surface area contributed by atoms with Gasteiger partial charge in [0.1, 0.15) is 11.5 Å². The van der Waals surface area contributed by atoms with Gasteiger partial charge in [0.15, 0.2) is 5.78 Å². The lowest BCUT2D eigenvalue weighted by atomic mass is 9.89. The van der Waals surface area contributed by atoms with Gasteiger partial charge in [0.05, 0.1) is 0 Å². The fourth-order valence-electron chi connectivity index (χ4n) is 3.68. The lowest BCUT2D eigenvalue weighted by Crippen LogP contribution is -2.42. The average molecular weight is 415 g/mol. The number of aromatic nitrogens is 1. The number of Topliss-reactive ketones (excluding diaryl/α,β-unsaturated/α-hetero) is 1. The number of nitrogens with zero attached hydrogens (tertiary/aromatic N) is 2. The summed E-state index contributed by atoms with van der Waals surface area (Å²) in [5.41, 5.74) is 2.55. The number of likely N-dealkylation sites (tertiary alicyclic amines) is 1. The Balaban J connectivity index is 1.31. The molecule has 0 aliphatic carbocycles. The molecule has 2 heterocycles. The molecule has 0 spiro atoms. The Hall–Kier alpha value is -3.67. The van der Waals surface area contributed by atoms with Crippen molar-refractivity contribution in [1.29, 1.82) is 0 Å². The van der Waals surface area contributed by atoms with Crippen molar-refractivity contribution in [2.24, 2.45) is 5.92 Å². The molecule has 31 heavy (non-hydrogen) atoms. The first-order chi connectivity index (χ1) is 15.1. The van der Waals surface area contributed by atoms with E-state index in [0.29, 0.717) is 43.1 Å². The number of urea groups is 1. The Morgan fingerprint density at radius 2 is 1.68 bits per heavy atom. The van der Waals surface area contributed by atoms with Crippen LogP contribution in [0.1, 0.15) is 28.8 Å². The second-order valence-electron chi connectivity index (χ2n) is 7.73. The number of hydrogen-bond donors (Lipinski definition) is 1. The van der Waals surface area contributed by atoms with Gasteiger partial charge in [0.2, 0.25) is 0 Å². The van der Waals surface area contributed by atoms with Crippen LogP contribution in [0.2, 0.25) is 0 Å². The van der Waals surface area contributed by atoms with Crippen molar-refractivity contribution in [3.05, 3.63) is 84.2 Å². The van der Waals surface area contributed by atoms with Gasteiger partial charge >= 0.3 is 6.03 Å². The summed E-state index contributed by atoms with van der Waals surface area (Å²) in [6.45, 7) is 3.12. The fourth-order valence-corrected chi connectivity index (χ4v) is 3.68. The van der Waals surface area contributed by atoms with Crippen LogP contribution in [0.15, 0.2) is 73.1 Å². The molecule has 1 fully saturated rings. The summed E-state index contributed by atoms with van der Waals surface area (Å²) in [6, 6.07) is 18.3. The number of hydrogen-bond acceptors (Lipinski definition) is 4. The molecule has 0 radical (unpaired) electrons. The van der Waals surface area contributed by atoms with Crippen LogP contribution in [0.4, 0.5) is 10.5 Å². The van der Waals surface area contributed by atoms with Crippen LogP contribution in [0.5, 0.6) is 11.5 Å². The normalized spacial score (nSPS) is 14.2. The minimum Gasteiger partial charge on any atom is -0.457 e. The molecule has 0 unspecified atom stereocenters. The lowest BCUT2D eigenvalue weighted by molar-refractivity contribution is 0.0859. The summed E-state index contributed by atoms with van der Waals surface area (Å²) >= 11 is 0. The summed E-state index contributed by atoms with van der Waals surface area (Å²) in [6.07, 6.45) is 4.67. The highest BCUT2D eigenvalue weighted by atomic mass is 16.5. The number of nitrogens with one attached hydrogen (secondary N) is 1. The summed E-state index contributed by atoms with van der Waals surface area (Å²) in [5.74, 6) is 1.44. The first-order valence-electron chi connectivity index (χ1n) is 10.4. The number of amides is 2. The van der Waals surface area contributed by atoms with Gasteiger partial charge in [-0.1, -0.05) is 35.9 Å². The predicted molar refractivity (Wildman–Crippen MR) is 120 cm³/mol. The highest BCUT2D eigenvalue weighted by Crippen LogP contribution is 2.25. The van der Waals surface area contributed by atoms with Crippen molar-refractivity contribution in [2.45, 2.75) is 19.8 Å². The molecule has 1 saturated heterocycles. The first-order valence-corrected chi connectivity index (χ1v) is 10.4. The third-order valence-electron chi connectivity index (χ3n) is 5.46. The molecule has 2 aromatic carbocycles. The van der Waals surface area contributed by atoms with Crippen LogP contribution < -0.4 is 10.1 Å². The second-order valence-corrected chi connectivity index (χ2v) is 7.73. The van der Waals surface area contributed by atoms with E-state index in [4.69, 9.17) is 4.74 Å². The maximum absolute atomic E-state index is 12.7. The van der Waals surface area contributed by atoms with Gasteiger partial charge in [-0.3, -0.25) is 9.78 Å². The fraction of sp³-hybridized carbons (Fsp3) is 0.240. The van der Waals surface area contributed by atoms with Gasteiger partial charge in [-0.25, -0.2) is 4.79 Å². The third-order valence-corrected chi connectivity index (χ3v) is 5.46. The van der Waals surface area contributed by atoms with Crippen molar-refractivity contribution in [3.8, 4) is 11.5 Å². The molecule has 158 valence electrons. The number of benzene rings is 2. The number of aryl methyl sites for hydroxylation is 1. The molecule has 4 rings (SSSR count). The maximum atomic E-state index is 12.7. The van der Waals surface area contributed by atoms with Gasteiger partial charge in [0.25, 0.3) is 0 Å². The molecule has 0 bridgehead atoms. The van der Waals surface area contributed by atoms with Gasteiger partial charge in [-0.05, 0) is 44.0 Å².